The standard InChI is InChI=1S/C11H23NO2/c1-4-6-8-12(3,9-7-5-2)10-11(13)14/h4-10H2,1-3H3/p+1. The fraction of sp³-hybridized carbons (Fsp3) is 0.909. The number of carboxylic acid groups (broad SMARTS) is 1. The minimum absolute atomic E-state index is 0.264. The van der Waals surface area contributed by atoms with Crippen molar-refractivity contribution in [3.63, 3.8) is 0 Å². The summed E-state index contributed by atoms with van der Waals surface area (Å²) in [6.45, 7) is 6.53. The number of hydrogen-bond donors (Lipinski definition) is 1. The molecule has 0 aliphatic carbocycles. The molecule has 0 saturated heterocycles. The fourth-order valence-electron chi connectivity index (χ4n) is 1.68. The van der Waals surface area contributed by atoms with Crippen molar-refractivity contribution in [2.75, 3.05) is 26.7 Å². The number of quaternary nitrogens is 1. The van der Waals surface area contributed by atoms with Crippen molar-refractivity contribution in [3.05, 3.63) is 0 Å². The summed E-state index contributed by atoms with van der Waals surface area (Å²) in [5, 5.41) is 8.83. The predicted octanol–water partition coefficient (Wildman–Crippen LogP) is 2.12. The van der Waals surface area contributed by atoms with Crippen LogP contribution in [0, 0.1) is 0 Å². The van der Waals surface area contributed by atoms with Crippen LogP contribution in [0.3, 0.4) is 0 Å². The van der Waals surface area contributed by atoms with Gasteiger partial charge in [-0.3, -0.25) is 0 Å². The highest BCUT2D eigenvalue weighted by Crippen LogP contribution is 2.08. The summed E-state index contributed by atoms with van der Waals surface area (Å²) in [7, 11) is 2.06. The average molecular weight is 202 g/mol. The maximum absolute atomic E-state index is 10.7. The lowest BCUT2D eigenvalue weighted by atomic mass is 10.2. The van der Waals surface area contributed by atoms with Crippen LogP contribution in [0.2, 0.25) is 0 Å². The van der Waals surface area contributed by atoms with Gasteiger partial charge in [0.2, 0.25) is 0 Å². The Hall–Kier alpha value is -0.570. The van der Waals surface area contributed by atoms with Crippen molar-refractivity contribution in [3.8, 4) is 0 Å². The molecule has 0 aromatic carbocycles. The quantitative estimate of drug-likeness (QED) is 0.612. The normalized spacial score (nSPS) is 11.6. The molecule has 0 aliphatic rings. The Morgan fingerprint density at radius 2 is 1.57 bits per heavy atom. The van der Waals surface area contributed by atoms with E-state index in [9.17, 15) is 4.79 Å². The summed E-state index contributed by atoms with van der Waals surface area (Å²) in [6, 6.07) is 0. The number of carboxylic acids is 1. The molecule has 1 N–H and O–H groups in total. The Labute approximate surface area is 87.3 Å². The molecule has 0 spiro atoms. The molecule has 0 heterocycles. The second-order valence-electron chi connectivity index (χ2n) is 4.33. The van der Waals surface area contributed by atoms with Crippen LogP contribution in [-0.2, 0) is 4.79 Å². The van der Waals surface area contributed by atoms with E-state index in [0.717, 1.165) is 38.8 Å². The number of carbonyl (C=O) groups is 1. The molecule has 0 aliphatic heterocycles. The van der Waals surface area contributed by atoms with Gasteiger partial charge in [-0.2, -0.15) is 0 Å². The molecule has 0 radical (unpaired) electrons. The van der Waals surface area contributed by atoms with E-state index in [1.54, 1.807) is 0 Å². The zero-order valence-electron chi connectivity index (χ0n) is 9.75. The zero-order valence-corrected chi connectivity index (χ0v) is 9.75. The number of nitrogens with zero attached hydrogens (tertiary/aromatic N) is 1. The van der Waals surface area contributed by atoms with Gasteiger partial charge < -0.3 is 9.59 Å². The first-order valence-corrected chi connectivity index (χ1v) is 5.59. The van der Waals surface area contributed by atoms with Crippen LogP contribution in [0.15, 0.2) is 0 Å². The average Bonchev–Trinajstić information content (AvgIpc) is 2.11. The Balaban J connectivity index is 4.09. The van der Waals surface area contributed by atoms with Crippen LogP contribution in [0.4, 0.5) is 0 Å². The van der Waals surface area contributed by atoms with Crippen molar-refractivity contribution >= 4 is 5.97 Å². The molecule has 0 rings (SSSR count). The van der Waals surface area contributed by atoms with Gasteiger partial charge in [0.1, 0.15) is 0 Å². The Bertz CT molecular complexity index is 161. The summed E-state index contributed by atoms with van der Waals surface area (Å²) in [5.41, 5.74) is 0. The molecule has 0 bridgehead atoms. The maximum atomic E-state index is 10.7. The smallest absolute Gasteiger partial charge is 0.359 e. The van der Waals surface area contributed by atoms with Crippen LogP contribution in [0.1, 0.15) is 39.5 Å². The molecule has 84 valence electrons. The molecule has 3 nitrogen and oxygen atoms in total. The molecule has 0 atom stereocenters. The lowest BCUT2D eigenvalue weighted by Crippen LogP contribution is -2.48. The van der Waals surface area contributed by atoms with E-state index in [1.165, 1.54) is 0 Å². The van der Waals surface area contributed by atoms with E-state index in [1.807, 2.05) is 0 Å². The molecule has 0 aromatic rings. The number of unbranched alkanes of at least 4 members (excludes halogenated alkanes) is 2. The van der Waals surface area contributed by atoms with Crippen LogP contribution < -0.4 is 0 Å². The summed E-state index contributed by atoms with van der Waals surface area (Å²) in [5.74, 6) is -0.681. The van der Waals surface area contributed by atoms with E-state index in [0.29, 0.717) is 4.48 Å². The van der Waals surface area contributed by atoms with Crippen molar-refractivity contribution < 1.29 is 14.4 Å². The second-order valence-corrected chi connectivity index (χ2v) is 4.33. The molecule has 3 heteroatoms. The van der Waals surface area contributed by atoms with Gasteiger partial charge in [0.05, 0.1) is 20.1 Å². The first-order valence-electron chi connectivity index (χ1n) is 5.59. The molecule has 0 fully saturated rings. The number of likely N-dealkylation sites (N-methyl/N-ethyl adjacent to an activating group) is 1. The number of aliphatic carboxylic acids is 1. The molecule has 0 unspecified atom stereocenters. The zero-order chi connectivity index (χ0) is 11.0. The molecule has 0 amide bonds. The van der Waals surface area contributed by atoms with Crippen LogP contribution in [0.5, 0.6) is 0 Å². The first kappa shape index (κ1) is 13.4. The Morgan fingerprint density at radius 3 is 1.86 bits per heavy atom. The number of rotatable bonds is 8. The summed E-state index contributed by atoms with van der Waals surface area (Å²) in [6.07, 6.45) is 4.51. The fourth-order valence-corrected chi connectivity index (χ4v) is 1.68. The van der Waals surface area contributed by atoms with Gasteiger partial charge >= 0.3 is 5.97 Å². The second kappa shape index (κ2) is 6.82. The largest absolute Gasteiger partial charge is 0.477 e. The Morgan fingerprint density at radius 1 is 1.14 bits per heavy atom. The van der Waals surface area contributed by atoms with Crippen molar-refractivity contribution in [2.45, 2.75) is 39.5 Å². The SMILES string of the molecule is CCCC[N+](C)(CCCC)CC(=O)O. The summed E-state index contributed by atoms with van der Waals surface area (Å²) >= 11 is 0. The van der Waals surface area contributed by atoms with E-state index in [4.69, 9.17) is 5.11 Å². The van der Waals surface area contributed by atoms with E-state index >= 15 is 0 Å². The molecule has 0 saturated carbocycles. The van der Waals surface area contributed by atoms with Crippen molar-refractivity contribution in [1.29, 1.82) is 0 Å². The van der Waals surface area contributed by atoms with Gasteiger partial charge in [-0.15, -0.1) is 0 Å². The minimum atomic E-state index is -0.681. The third kappa shape index (κ3) is 5.97. The lowest BCUT2D eigenvalue weighted by Gasteiger charge is -2.32. The number of hydrogen-bond acceptors (Lipinski definition) is 1. The third-order valence-electron chi connectivity index (χ3n) is 2.62. The maximum Gasteiger partial charge on any atom is 0.359 e. The molecule has 14 heavy (non-hydrogen) atoms. The third-order valence-corrected chi connectivity index (χ3v) is 2.62. The molecule has 0 aromatic heterocycles. The highest BCUT2D eigenvalue weighted by molar-refractivity contribution is 5.67. The van der Waals surface area contributed by atoms with E-state index in [2.05, 4.69) is 20.9 Å². The minimum Gasteiger partial charge on any atom is -0.477 e. The van der Waals surface area contributed by atoms with Crippen LogP contribution >= 0.6 is 0 Å². The van der Waals surface area contributed by atoms with Gasteiger partial charge in [0, 0.05) is 0 Å². The van der Waals surface area contributed by atoms with Crippen LogP contribution in [-0.4, -0.2) is 42.2 Å². The topological polar surface area (TPSA) is 37.3 Å². The molecular formula is C11H24NO2+. The highest BCUT2D eigenvalue weighted by Gasteiger charge is 2.23. The van der Waals surface area contributed by atoms with Gasteiger partial charge in [-0.1, -0.05) is 26.7 Å². The highest BCUT2D eigenvalue weighted by atomic mass is 16.4. The van der Waals surface area contributed by atoms with Crippen molar-refractivity contribution in [2.24, 2.45) is 0 Å². The van der Waals surface area contributed by atoms with Gasteiger partial charge in [-0.05, 0) is 12.8 Å². The summed E-state index contributed by atoms with van der Waals surface area (Å²) < 4.78 is 0.691. The monoisotopic (exact) mass is 202 g/mol. The van der Waals surface area contributed by atoms with E-state index < -0.39 is 5.97 Å². The Kier molecular flexibility index (Phi) is 6.54. The van der Waals surface area contributed by atoms with Gasteiger partial charge in [-0.25, -0.2) is 4.79 Å². The first-order chi connectivity index (χ1) is 6.54. The van der Waals surface area contributed by atoms with Gasteiger partial charge in [0.15, 0.2) is 6.54 Å². The van der Waals surface area contributed by atoms with E-state index in [-0.39, 0.29) is 6.54 Å². The predicted molar refractivity (Wildman–Crippen MR) is 58.2 cm³/mol. The summed E-state index contributed by atoms with van der Waals surface area (Å²) in [4.78, 5) is 10.7. The van der Waals surface area contributed by atoms with Crippen LogP contribution in [0.25, 0.3) is 0 Å². The molecular weight excluding hydrogens is 178 g/mol. The van der Waals surface area contributed by atoms with Gasteiger partial charge in [0.25, 0.3) is 0 Å². The lowest BCUT2D eigenvalue weighted by molar-refractivity contribution is -0.903. The van der Waals surface area contributed by atoms with Crippen molar-refractivity contribution in [1.82, 2.24) is 0 Å².